The Morgan fingerprint density at radius 1 is 1.27 bits per heavy atom. The van der Waals surface area contributed by atoms with Gasteiger partial charge in [0.05, 0.1) is 0 Å². The molecule has 78 valence electrons. The molecule has 0 aliphatic heterocycles. The van der Waals surface area contributed by atoms with E-state index < -0.39 is 5.97 Å². The van der Waals surface area contributed by atoms with Crippen LogP contribution in [0.25, 0.3) is 11.4 Å². The maximum atomic E-state index is 10.6. The fourth-order valence-corrected chi connectivity index (χ4v) is 1.18. The van der Waals surface area contributed by atoms with Crippen LogP contribution in [-0.4, -0.2) is 21.0 Å². The lowest BCUT2D eigenvalue weighted by Gasteiger charge is -1.93. The normalized spacial score (nSPS) is 9.33. The fraction of sp³-hybridized carbons (Fsp3) is 0. The third-order valence-corrected chi connectivity index (χ3v) is 1.84. The van der Waals surface area contributed by atoms with E-state index in [4.69, 9.17) is 5.11 Å². The summed E-state index contributed by atoms with van der Waals surface area (Å²) in [5.74, 6) is -0.452. The summed E-state index contributed by atoms with van der Waals surface area (Å²) >= 11 is 0. The number of aromatic amines is 1. The van der Waals surface area contributed by atoms with Crippen LogP contribution in [0.2, 0.25) is 0 Å². The highest BCUT2D eigenvalue weighted by molar-refractivity contribution is 5.86. The Morgan fingerprint density at radius 2 is 1.93 bits per heavy atom. The summed E-state index contributed by atoms with van der Waals surface area (Å²) in [6.45, 7) is 0. The van der Waals surface area contributed by atoms with E-state index in [0.29, 0.717) is 5.82 Å². The number of hydrogen-bond acceptors (Lipinski definition) is 2. The number of aromatic carboxylic acids is 1. The number of carboxylic acids is 1. The van der Waals surface area contributed by atoms with E-state index in [0.717, 1.165) is 5.56 Å². The quantitative estimate of drug-likeness (QED) is 0.822. The number of hydrogen-bond donors (Lipinski definition) is 2. The lowest BCUT2D eigenvalue weighted by molar-refractivity contribution is 0.0691. The number of halogens is 1. The third kappa shape index (κ3) is 2.35. The van der Waals surface area contributed by atoms with E-state index >= 15 is 0 Å². The molecule has 0 fully saturated rings. The Kier molecular flexibility index (Phi) is 3.46. The number of imidazole rings is 1. The van der Waals surface area contributed by atoms with Crippen LogP contribution in [0, 0.1) is 0 Å². The molecule has 0 saturated heterocycles. The molecule has 0 bridgehead atoms. The molecule has 2 N–H and O–H groups in total. The molecule has 2 aromatic rings. The molecule has 0 aliphatic rings. The van der Waals surface area contributed by atoms with Gasteiger partial charge < -0.3 is 10.1 Å². The van der Waals surface area contributed by atoms with Crippen LogP contribution in [0.5, 0.6) is 0 Å². The highest BCUT2D eigenvalue weighted by Gasteiger charge is 2.08. The van der Waals surface area contributed by atoms with Gasteiger partial charge in [0.2, 0.25) is 0 Å². The van der Waals surface area contributed by atoms with E-state index in [2.05, 4.69) is 9.97 Å². The monoisotopic (exact) mass is 224 g/mol. The van der Waals surface area contributed by atoms with Crippen molar-refractivity contribution in [3.8, 4) is 11.4 Å². The van der Waals surface area contributed by atoms with Crippen molar-refractivity contribution in [2.45, 2.75) is 0 Å². The molecule has 0 aliphatic carbocycles. The number of benzene rings is 1. The lowest BCUT2D eigenvalue weighted by atomic mass is 10.2. The molecule has 1 aromatic carbocycles. The van der Waals surface area contributed by atoms with Gasteiger partial charge in [-0.15, -0.1) is 12.4 Å². The van der Waals surface area contributed by atoms with Crippen molar-refractivity contribution < 1.29 is 9.90 Å². The van der Waals surface area contributed by atoms with Crippen LogP contribution >= 0.6 is 12.4 Å². The predicted octanol–water partition coefficient (Wildman–Crippen LogP) is 2.20. The smallest absolute Gasteiger partial charge is 0.356 e. The summed E-state index contributed by atoms with van der Waals surface area (Å²) in [4.78, 5) is 17.3. The van der Waals surface area contributed by atoms with E-state index in [-0.39, 0.29) is 18.1 Å². The Balaban J connectivity index is 0.00000112. The van der Waals surface area contributed by atoms with Crippen LogP contribution in [0.4, 0.5) is 0 Å². The van der Waals surface area contributed by atoms with Gasteiger partial charge in [-0.05, 0) is 0 Å². The number of H-pyrrole nitrogens is 1. The molecule has 1 heterocycles. The second-order valence-electron chi connectivity index (χ2n) is 2.81. The molecule has 15 heavy (non-hydrogen) atoms. The highest BCUT2D eigenvalue weighted by Crippen LogP contribution is 2.14. The summed E-state index contributed by atoms with van der Waals surface area (Å²) in [6.07, 6.45) is 1.38. The number of carbonyl (C=O) groups is 1. The van der Waals surface area contributed by atoms with Crippen LogP contribution < -0.4 is 0 Å². The molecule has 0 radical (unpaired) electrons. The molecule has 5 heteroatoms. The number of rotatable bonds is 2. The number of aromatic nitrogens is 2. The van der Waals surface area contributed by atoms with Crippen molar-refractivity contribution in [2.24, 2.45) is 0 Å². The molecular weight excluding hydrogens is 216 g/mol. The molecule has 0 saturated carbocycles. The molecule has 0 atom stereocenters. The Morgan fingerprint density at radius 3 is 2.47 bits per heavy atom. The van der Waals surface area contributed by atoms with Gasteiger partial charge in [-0.25, -0.2) is 9.78 Å². The number of nitrogens with zero attached hydrogens (tertiary/aromatic N) is 1. The van der Waals surface area contributed by atoms with Gasteiger partial charge in [-0.3, -0.25) is 0 Å². The topological polar surface area (TPSA) is 66.0 Å². The summed E-state index contributed by atoms with van der Waals surface area (Å²) in [5.41, 5.74) is 0.906. The van der Waals surface area contributed by atoms with Crippen LogP contribution in [0.15, 0.2) is 36.5 Å². The predicted molar refractivity (Wildman–Crippen MR) is 58.2 cm³/mol. The van der Waals surface area contributed by atoms with Crippen molar-refractivity contribution in [3.05, 3.63) is 42.2 Å². The maximum absolute atomic E-state index is 10.6. The first-order valence-corrected chi connectivity index (χ1v) is 4.11. The van der Waals surface area contributed by atoms with E-state index in [1.165, 1.54) is 6.20 Å². The van der Waals surface area contributed by atoms with Crippen molar-refractivity contribution in [1.82, 2.24) is 9.97 Å². The first-order valence-electron chi connectivity index (χ1n) is 4.11. The van der Waals surface area contributed by atoms with Crippen molar-refractivity contribution in [3.63, 3.8) is 0 Å². The van der Waals surface area contributed by atoms with E-state index in [9.17, 15) is 4.79 Å². The summed E-state index contributed by atoms with van der Waals surface area (Å²) in [5, 5.41) is 8.66. The molecule has 0 amide bonds. The minimum atomic E-state index is -1.02. The Labute approximate surface area is 92.4 Å². The van der Waals surface area contributed by atoms with E-state index in [1.54, 1.807) is 0 Å². The summed E-state index contributed by atoms with van der Waals surface area (Å²) < 4.78 is 0. The number of carboxylic acid groups (broad SMARTS) is 1. The number of nitrogens with one attached hydrogen (secondary N) is 1. The average molecular weight is 225 g/mol. The zero-order chi connectivity index (χ0) is 9.97. The van der Waals surface area contributed by atoms with Crippen molar-refractivity contribution >= 4 is 18.4 Å². The second-order valence-corrected chi connectivity index (χ2v) is 2.81. The molecular formula is C10H9ClN2O2. The van der Waals surface area contributed by atoms with Gasteiger partial charge in [0.15, 0.2) is 5.69 Å². The third-order valence-electron chi connectivity index (χ3n) is 1.84. The average Bonchev–Trinajstić information content (AvgIpc) is 2.68. The SMILES string of the molecule is Cl.O=C(O)c1c[nH]c(-c2ccccc2)n1. The summed E-state index contributed by atoms with van der Waals surface area (Å²) in [7, 11) is 0. The first kappa shape index (κ1) is 11.3. The maximum Gasteiger partial charge on any atom is 0.356 e. The highest BCUT2D eigenvalue weighted by atomic mass is 35.5. The first-order chi connectivity index (χ1) is 6.77. The fourth-order valence-electron chi connectivity index (χ4n) is 1.18. The van der Waals surface area contributed by atoms with Gasteiger partial charge in [-0.2, -0.15) is 0 Å². The van der Waals surface area contributed by atoms with Crippen LogP contribution in [-0.2, 0) is 0 Å². The molecule has 1 aromatic heterocycles. The van der Waals surface area contributed by atoms with Crippen molar-refractivity contribution in [1.29, 1.82) is 0 Å². The zero-order valence-electron chi connectivity index (χ0n) is 7.68. The Hall–Kier alpha value is -1.81. The summed E-state index contributed by atoms with van der Waals surface area (Å²) in [6, 6.07) is 9.37. The zero-order valence-corrected chi connectivity index (χ0v) is 8.49. The standard InChI is InChI=1S/C10H8N2O2.ClH/c13-10(14)8-6-11-9(12-8)7-4-2-1-3-5-7;/h1-6H,(H,11,12)(H,13,14);1H. The minimum absolute atomic E-state index is 0. The van der Waals surface area contributed by atoms with Crippen LogP contribution in [0.3, 0.4) is 0 Å². The molecule has 0 unspecified atom stereocenters. The van der Waals surface area contributed by atoms with Gasteiger partial charge in [0.1, 0.15) is 5.82 Å². The van der Waals surface area contributed by atoms with E-state index in [1.807, 2.05) is 30.3 Å². The molecule has 2 rings (SSSR count). The van der Waals surface area contributed by atoms with Crippen molar-refractivity contribution in [2.75, 3.05) is 0 Å². The van der Waals surface area contributed by atoms with Gasteiger partial charge in [-0.1, -0.05) is 30.3 Å². The largest absolute Gasteiger partial charge is 0.476 e. The minimum Gasteiger partial charge on any atom is -0.476 e. The van der Waals surface area contributed by atoms with Gasteiger partial charge >= 0.3 is 5.97 Å². The Bertz CT molecular complexity index is 453. The second kappa shape index (κ2) is 4.61. The molecule has 4 nitrogen and oxygen atoms in total. The van der Waals surface area contributed by atoms with Gasteiger partial charge in [0.25, 0.3) is 0 Å². The lowest BCUT2D eigenvalue weighted by Crippen LogP contribution is -1.95. The molecule has 0 spiro atoms. The van der Waals surface area contributed by atoms with Gasteiger partial charge in [0, 0.05) is 11.8 Å². The van der Waals surface area contributed by atoms with Crippen LogP contribution in [0.1, 0.15) is 10.5 Å².